The Morgan fingerprint density at radius 1 is 0.357 bits per heavy atom. The largest absolute Gasteiger partial charge is 0.508 e. The van der Waals surface area contributed by atoms with Gasteiger partial charge < -0.3 is 20.4 Å². The van der Waals surface area contributed by atoms with Gasteiger partial charge in [-0.1, -0.05) is 84.9 Å². The van der Waals surface area contributed by atoms with Gasteiger partial charge in [-0.15, -0.1) is 0 Å². The number of phenols is 4. The van der Waals surface area contributed by atoms with Crippen LogP contribution in [0.4, 0.5) is 0 Å². The molecule has 6 aromatic carbocycles. The van der Waals surface area contributed by atoms with Crippen LogP contribution in [0.1, 0.15) is 22.3 Å². The van der Waals surface area contributed by atoms with Crippen molar-refractivity contribution >= 4 is 0 Å². The van der Waals surface area contributed by atoms with Crippen LogP contribution in [0.15, 0.2) is 133 Å². The first kappa shape index (κ1) is 26.7. The summed E-state index contributed by atoms with van der Waals surface area (Å²) in [6.45, 7) is 0. The molecule has 0 aliphatic heterocycles. The number of aromatic hydroxyl groups is 4. The Labute approximate surface area is 245 Å². The standard InChI is InChI=1S/C38H30O4/c39-33-15-11-25(12-16-33)19-31-21-29(23-35(37(31)41)27-7-3-1-4-8-27)30-22-32(20-26-13-17-34(40)18-14-26)38(42)36(24-30)28-9-5-2-6-10-28/h1-18,21-24,39-42H,19-20H2. The molecule has 0 atom stereocenters. The van der Waals surface area contributed by atoms with Gasteiger partial charge in [-0.3, -0.25) is 0 Å². The highest BCUT2D eigenvalue weighted by Crippen LogP contribution is 2.42. The third kappa shape index (κ3) is 5.70. The van der Waals surface area contributed by atoms with E-state index in [0.717, 1.165) is 55.6 Å². The smallest absolute Gasteiger partial charge is 0.126 e. The summed E-state index contributed by atoms with van der Waals surface area (Å²) in [7, 11) is 0. The summed E-state index contributed by atoms with van der Waals surface area (Å²) in [4.78, 5) is 0. The molecule has 0 spiro atoms. The zero-order valence-corrected chi connectivity index (χ0v) is 22.9. The first-order valence-electron chi connectivity index (χ1n) is 13.8. The molecule has 0 heterocycles. The molecule has 4 heteroatoms. The van der Waals surface area contributed by atoms with Crippen molar-refractivity contribution in [2.24, 2.45) is 0 Å². The van der Waals surface area contributed by atoms with Crippen LogP contribution < -0.4 is 0 Å². The molecule has 0 radical (unpaired) electrons. The molecule has 0 aliphatic rings. The first-order valence-corrected chi connectivity index (χ1v) is 13.8. The lowest BCUT2D eigenvalue weighted by Gasteiger charge is -2.17. The van der Waals surface area contributed by atoms with E-state index in [1.807, 2.05) is 109 Å². The summed E-state index contributed by atoms with van der Waals surface area (Å²) in [5.74, 6) is 0.814. The number of rotatable bonds is 7. The lowest BCUT2D eigenvalue weighted by molar-refractivity contribution is 0.470. The van der Waals surface area contributed by atoms with E-state index in [-0.39, 0.29) is 23.0 Å². The first-order chi connectivity index (χ1) is 20.4. The van der Waals surface area contributed by atoms with Crippen molar-refractivity contribution in [3.05, 3.63) is 156 Å². The molecule has 0 fully saturated rings. The Balaban J connectivity index is 1.54. The van der Waals surface area contributed by atoms with E-state index in [9.17, 15) is 20.4 Å². The number of hydrogen-bond donors (Lipinski definition) is 4. The zero-order chi connectivity index (χ0) is 29.1. The molecular formula is C38H30O4. The normalized spacial score (nSPS) is 11.0. The second-order valence-electron chi connectivity index (χ2n) is 10.5. The molecular weight excluding hydrogens is 520 g/mol. The highest BCUT2D eigenvalue weighted by Gasteiger charge is 2.18. The van der Waals surface area contributed by atoms with Crippen LogP contribution >= 0.6 is 0 Å². The van der Waals surface area contributed by atoms with Gasteiger partial charge in [0.05, 0.1) is 0 Å². The fraction of sp³-hybridized carbons (Fsp3) is 0.0526. The minimum absolute atomic E-state index is 0.195. The quantitative estimate of drug-likeness (QED) is 0.160. The highest BCUT2D eigenvalue weighted by atomic mass is 16.3. The van der Waals surface area contributed by atoms with Crippen LogP contribution in [0.3, 0.4) is 0 Å². The average molecular weight is 551 g/mol. The second kappa shape index (κ2) is 11.6. The number of benzene rings is 6. The van der Waals surface area contributed by atoms with E-state index in [1.165, 1.54) is 0 Å². The monoisotopic (exact) mass is 550 g/mol. The van der Waals surface area contributed by atoms with Crippen LogP contribution in [-0.2, 0) is 12.8 Å². The SMILES string of the molecule is Oc1ccc(Cc2cc(-c3cc(Cc4ccc(O)cc4)c(O)c(-c4ccccc4)c3)cc(-c3ccccc3)c2O)cc1. The molecule has 0 aliphatic carbocycles. The Morgan fingerprint density at radius 3 is 1.07 bits per heavy atom. The van der Waals surface area contributed by atoms with Gasteiger partial charge in [0.1, 0.15) is 23.0 Å². The molecule has 206 valence electrons. The van der Waals surface area contributed by atoms with Crippen LogP contribution in [0, 0.1) is 0 Å². The van der Waals surface area contributed by atoms with Crippen LogP contribution in [0.25, 0.3) is 33.4 Å². The molecule has 4 N–H and O–H groups in total. The van der Waals surface area contributed by atoms with Gasteiger partial charge >= 0.3 is 0 Å². The summed E-state index contributed by atoms with van der Waals surface area (Å²) >= 11 is 0. The van der Waals surface area contributed by atoms with Gasteiger partial charge in [0.15, 0.2) is 0 Å². The Bertz CT molecular complexity index is 1690. The fourth-order valence-corrected chi connectivity index (χ4v) is 5.33. The Morgan fingerprint density at radius 2 is 0.714 bits per heavy atom. The fourth-order valence-electron chi connectivity index (χ4n) is 5.33. The molecule has 0 unspecified atom stereocenters. The molecule has 42 heavy (non-hydrogen) atoms. The molecule has 0 saturated carbocycles. The van der Waals surface area contributed by atoms with Crippen LogP contribution in [0.5, 0.6) is 23.0 Å². The van der Waals surface area contributed by atoms with E-state index in [1.54, 1.807) is 24.3 Å². The molecule has 0 aromatic heterocycles. The van der Waals surface area contributed by atoms with Crippen LogP contribution in [0.2, 0.25) is 0 Å². The molecule has 0 bridgehead atoms. The maximum atomic E-state index is 11.5. The second-order valence-corrected chi connectivity index (χ2v) is 10.5. The highest BCUT2D eigenvalue weighted by molar-refractivity contribution is 5.84. The topological polar surface area (TPSA) is 80.9 Å². The molecule has 6 aromatic rings. The summed E-state index contributed by atoms with van der Waals surface area (Å²) in [5.41, 5.74) is 8.48. The predicted octanol–water partition coefficient (Wildman–Crippen LogP) is 8.69. The van der Waals surface area contributed by atoms with E-state index in [0.29, 0.717) is 12.8 Å². The summed E-state index contributed by atoms with van der Waals surface area (Å²) in [6.07, 6.45) is 0.952. The van der Waals surface area contributed by atoms with Gasteiger partial charge in [0.2, 0.25) is 0 Å². The Kier molecular flexibility index (Phi) is 7.35. The van der Waals surface area contributed by atoms with Crippen molar-refractivity contribution in [1.82, 2.24) is 0 Å². The van der Waals surface area contributed by atoms with Crippen molar-refractivity contribution < 1.29 is 20.4 Å². The van der Waals surface area contributed by atoms with E-state index in [2.05, 4.69) is 0 Å². The lowest BCUT2D eigenvalue weighted by Crippen LogP contribution is -1.96. The van der Waals surface area contributed by atoms with Crippen molar-refractivity contribution in [3.63, 3.8) is 0 Å². The summed E-state index contributed by atoms with van der Waals surface area (Å²) < 4.78 is 0. The molecule has 0 saturated heterocycles. The van der Waals surface area contributed by atoms with Gasteiger partial charge in [-0.05, 0) is 93.0 Å². The minimum atomic E-state index is 0.195. The van der Waals surface area contributed by atoms with E-state index >= 15 is 0 Å². The maximum absolute atomic E-state index is 11.5. The third-order valence-electron chi connectivity index (χ3n) is 7.54. The minimum Gasteiger partial charge on any atom is -0.508 e. The Hall–Kier alpha value is -5.48. The molecule has 4 nitrogen and oxygen atoms in total. The molecule has 0 amide bonds. The van der Waals surface area contributed by atoms with Crippen molar-refractivity contribution in [1.29, 1.82) is 0 Å². The summed E-state index contributed by atoms with van der Waals surface area (Å²) in [5, 5.41) is 42.5. The van der Waals surface area contributed by atoms with Gasteiger partial charge in [-0.2, -0.15) is 0 Å². The van der Waals surface area contributed by atoms with Crippen molar-refractivity contribution in [2.75, 3.05) is 0 Å². The van der Waals surface area contributed by atoms with Gasteiger partial charge in [0.25, 0.3) is 0 Å². The zero-order valence-electron chi connectivity index (χ0n) is 22.9. The van der Waals surface area contributed by atoms with E-state index < -0.39 is 0 Å². The third-order valence-corrected chi connectivity index (χ3v) is 7.54. The number of hydrogen-bond acceptors (Lipinski definition) is 4. The lowest BCUT2D eigenvalue weighted by atomic mass is 9.89. The average Bonchev–Trinajstić information content (AvgIpc) is 3.02. The van der Waals surface area contributed by atoms with Crippen molar-refractivity contribution in [2.45, 2.75) is 12.8 Å². The summed E-state index contributed by atoms with van der Waals surface area (Å²) in [6, 6.07) is 41.6. The van der Waals surface area contributed by atoms with Gasteiger partial charge in [-0.25, -0.2) is 0 Å². The van der Waals surface area contributed by atoms with E-state index in [4.69, 9.17) is 0 Å². The maximum Gasteiger partial charge on any atom is 0.126 e. The predicted molar refractivity (Wildman–Crippen MR) is 168 cm³/mol. The van der Waals surface area contributed by atoms with Gasteiger partial charge in [0, 0.05) is 24.0 Å². The molecule has 6 rings (SSSR count). The number of phenolic OH excluding ortho intramolecular Hbond substituents is 4. The van der Waals surface area contributed by atoms with Crippen LogP contribution in [-0.4, -0.2) is 20.4 Å². The van der Waals surface area contributed by atoms with Crippen molar-refractivity contribution in [3.8, 4) is 56.4 Å².